The molecule has 0 bridgehead atoms. The minimum Gasteiger partial charge on any atom is -0.506 e. The average Bonchev–Trinajstić information content (AvgIpc) is 2.35. The van der Waals surface area contributed by atoms with Crippen molar-refractivity contribution < 1.29 is 14.6 Å². The number of carbonyl (C=O) groups is 1. The SMILES string of the molecule is Cc1ccc(O)c(NC(=O)C2CNCCO2)c1. The minimum absolute atomic E-state index is 0.0627. The predicted molar refractivity (Wildman–Crippen MR) is 64.1 cm³/mol. The van der Waals surface area contributed by atoms with Crippen LogP contribution in [0.25, 0.3) is 0 Å². The van der Waals surface area contributed by atoms with E-state index in [9.17, 15) is 9.90 Å². The van der Waals surface area contributed by atoms with E-state index in [1.807, 2.05) is 6.92 Å². The first kappa shape index (κ1) is 11.9. The summed E-state index contributed by atoms with van der Waals surface area (Å²) in [5, 5.41) is 15.4. The lowest BCUT2D eigenvalue weighted by atomic mass is 10.2. The van der Waals surface area contributed by atoms with Crippen molar-refractivity contribution in [1.82, 2.24) is 5.32 Å². The van der Waals surface area contributed by atoms with Crippen LogP contribution in [0.5, 0.6) is 5.75 Å². The van der Waals surface area contributed by atoms with Gasteiger partial charge in [0.15, 0.2) is 0 Å². The summed E-state index contributed by atoms with van der Waals surface area (Å²) < 4.78 is 5.33. The van der Waals surface area contributed by atoms with Crippen LogP contribution in [0.1, 0.15) is 5.56 Å². The molecule has 0 aromatic heterocycles. The van der Waals surface area contributed by atoms with Crippen molar-refractivity contribution in [2.75, 3.05) is 25.0 Å². The maximum Gasteiger partial charge on any atom is 0.254 e. The van der Waals surface area contributed by atoms with Crippen molar-refractivity contribution in [3.63, 3.8) is 0 Å². The number of anilines is 1. The first-order valence-electron chi connectivity index (χ1n) is 5.59. The molecule has 5 heteroatoms. The van der Waals surface area contributed by atoms with Gasteiger partial charge in [-0.2, -0.15) is 0 Å². The number of hydrogen-bond acceptors (Lipinski definition) is 4. The molecule has 1 unspecified atom stereocenters. The molecule has 0 radical (unpaired) electrons. The third-order valence-electron chi connectivity index (χ3n) is 2.63. The molecule has 1 saturated heterocycles. The van der Waals surface area contributed by atoms with E-state index < -0.39 is 6.10 Å². The molecule has 3 N–H and O–H groups in total. The number of nitrogens with one attached hydrogen (secondary N) is 2. The molecule has 1 fully saturated rings. The second-order valence-corrected chi connectivity index (χ2v) is 4.07. The van der Waals surface area contributed by atoms with Gasteiger partial charge in [0.2, 0.25) is 0 Å². The van der Waals surface area contributed by atoms with E-state index >= 15 is 0 Å². The monoisotopic (exact) mass is 236 g/mol. The fourth-order valence-electron chi connectivity index (χ4n) is 1.70. The second kappa shape index (κ2) is 5.16. The van der Waals surface area contributed by atoms with Gasteiger partial charge >= 0.3 is 0 Å². The molecule has 1 aliphatic heterocycles. The molecule has 1 aromatic rings. The quantitative estimate of drug-likeness (QED) is 0.659. The van der Waals surface area contributed by atoms with Gasteiger partial charge in [-0.1, -0.05) is 6.07 Å². The van der Waals surface area contributed by atoms with E-state index in [-0.39, 0.29) is 11.7 Å². The lowest BCUT2D eigenvalue weighted by Crippen LogP contribution is -2.45. The maximum absolute atomic E-state index is 11.8. The van der Waals surface area contributed by atoms with E-state index in [2.05, 4.69) is 10.6 Å². The molecule has 5 nitrogen and oxygen atoms in total. The largest absolute Gasteiger partial charge is 0.506 e. The summed E-state index contributed by atoms with van der Waals surface area (Å²) in [5.74, 6) is -0.175. The molecule has 0 aliphatic carbocycles. The van der Waals surface area contributed by atoms with Gasteiger partial charge in [0.05, 0.1) is 12.3 Å². The molecule has 17 heavy (non-hydrogen) atoms. The smallest absolute Gasteiger partial charge is 0.254 e. The number of morpholine rings is 1. The van der Waals surface area contributed by atoms with Gasteiger partial charge in [0, 0.05) is 13.1 Å². The Balaban J connectivity index is 2.04. The van der Waals surface area contributed by atoms with Crippen LogP contribution in [0.3, 0.4) is 0 Å². The van der Waals surface area contributed by atoms with Crippen LogP contribution in [0.15, 0.2) is 18.2 Å². The van der Waals surface area contributed by atoms with Crippen LogP contribution >= 0.6 is 0 Å². The summed E-state index contributed by atoms with van der Waals surface area (Å²) in [7, 11) is 0. The zero-order valence-electron chi connectivity index (χ0n) is 9.69. The summed E-state index contributed by atoms with van der Waals surface area (Å²) in [5.41, 5.74) is 1.39. The summed E-state index contributed by atoms with van der Waals surface area (Å²) in [6.45, 7) is 3.68. The first-order valence-corrected chi connectivity index (χ1v) is 5.59. The van der Waals surface area contributed by atoms with Gasteiger partial charge in [-0.25, -0.2) is 0 Å². The molecule has 0 spiro atoms. The van der Waals surface area contributed by atoms with Crippen LogP contribution in [0.2, 0.25) is 0 Å². The summed E-state index contributed by atoms with van der Waals surface area (Å²) in [4.78, 5) is 11.8. The van der Waals surface area contributed by atoms with Crippen LogP contribution < -0.4 is 10.6 Å². The average molecular weight is 236 g/mol. The van der Waals surface area contributed by atoms with Crippen molar-refractivity contribution in [2.24, 2.45) is 0 Å². The van der Waals surface area contributed by atoms with E-state index in [0.29, 0.717) is 18.8 Å². The summed E-state index contributed by atoms with van der Waals surface area (Å²) in [6.07, 6.45) is -0.497. The molecule has 1 heterocycles. The van der Waals surface area contributed by atoms with E-state index in [0.717, 1.165) is 12.1 Å². The number of amides is 1. The van der Waals surface area contributed by atoms with Crippen LogP contribution in [-0.4, -0.2) is 36.8 Å². The highest BCUT2D eigenvalue weighted by atomic mass is 16.5. The van der Waals surface area contributed by atoms with Crippen molar-refractivity contribution in [2.45, 2.75) is 13.0 Å². The number of aromatic hydroxyl groups is 1. The molecule has 92 valence electrons. The number of phenols is 1. The molecule has 2 rings (SSSR count). The standard InChI is InChI=1S/C12H16N2O3/c1-8-2-3-10(15)9(6-8)14-12(16)11-7-13-4-5-17-11/h2-3,6,11,13,15H,4-5,7H2,1H3,(H,14,16). The highest BCUT2D eigenvalue weighted by Gasteiger charge is 2.22. The van der Waals surface area contributed by atoms with Crippen molar-refractivity contribution >= 4 is 11.6 Å². The van der Waals surface area contributed by atoms with Gasteiger partial charge in [-0.15, -0.1) is 0 Å². The van der Waals surface area contributed by atoms with E-state index in [1.54, 1.807) is 18.2 Å². The number of rotatable bonds is 2. The Kier molecular flexibility index (Phi) is 3.61. The Morgan fingerprint density at radius 1 is 1.59 bits per heavy atom. The molecule has 1 atom stereocenters. The number of ether oxygens (including phenoxy) is 1. The molecule has 1 amide bonds. The van der Waals surface area contributed by atoms with Gasteiger partial charge in [-0.05, 0) is 24.6 Å². The molecule has 0 saturated carbocycles. The molecular formula is C12H16N2O3. The zero-order chi connectivity index (χ0) is 12.3. The van der Waals surface area contributed by atoms with E-state index in [4.69, 9.17) is 4.74 Å². The van der Waals surface area contributed by atoms with Gasteiger partial charge in [0.1, 0.15) is 11.9 Å². The number of benzene rings is 1. The first-order chi connectivity index (χ1) is 8.16. The van der Waals surface area contributed by atoms with Crippen molar-refractivity contribution in [3.05, 3.63) is 23.8 Å². The zero-order valence-corrected chi connectivity index (χ0v) is 9.69. The summed E-state index contributed by atoms with van der Waals surface area (Å²) in [6, 6.07) is 5.07. The van der Waals surface area contributed by atoms with Gasteiger partial charge in [-0.3, -0.25) is 4.79 Å². The van der Waals surface area contributed by atoms with Crippen molar-refractivity contribution in [1.29, 1.82) is 0 Å². The number of aryl methyl sites for hydroxylation is 1. The lowest BCUT2D eigenvalue weighted by Gasteiger charge is -2.22. The normalized spacial score (nSPS) is 19.9. The predicted octanol–water partition coefficient (Wildman–Crippen LogP) is 0.628. The Hall–Kier alpha value is -1.59. The molecular weight excluding hydrogens is 220 g/mol. The Labute approximate surface area is 99.8 Å². The fraction of sp³-hybridized carbons (Fsp3) is 0.417. The van der Waals surface area contributed by atoms with Gasteiger partial charge < -0.3 is 20.5 Å². The number of carbonyl (C=O) groups excluding carboxylic acids is 1. The highest BCUT2D eigenvalue weighted by Crippen LogP contribution is 2.24. The van der Waals surface area contributed by atoms with Crippen LogP contribution in [-0.2, 0) is 9.53 Å². The van der Waals surface area contributed by atoms with Crippen molar-refractivity contribution in [3.8, 4) is 5.75 Å². The highest BCUT2D eigenvalue weighted by molar-refractivity contribution is 5.95. The van der Waals surface area contributed by atoms with Crippen LogP contribution in [0, 0.1) is 6.92 Å². The third kappa shape index (κ3) is 2.95. The maximum atomic E-state index is 11.8. The number of phenolic OH excluding ortho intramolecular Hbond substituents is 1. The Morgan fingerprint density at radius 3 is 3.12 bits per heavy atom. The topological polar surface area (TPSA) is 70.6 Å². The lowest BCUT2D eigenvalue weighted by molar-refractivity contribution is -0.128. The summed E-state index contributed by atoms with van der Waals surface area (Å²) >= 11 is 0. The number of hydrogen-bond donors (Lipinski definition) is 3. The van der Waals surface area contributed by atoms with Gasteiger partial charge in [0.25, 0.3) is 5.91 Å². The second-order valence-electron chi connectivity index (χ2n) is 4.07. The molecule has 1 aromatic carbocycles. The Bertz CT molecular complexity index is 414. The third-order valence-corrected chi connectivity index (χ3v) is 2.63. The Morgan fingerprint density at radius 2 is 2.41 bits per heavy atom. The van der Waals surface area contributed by atoms with Crippen LogP contribution in [0.4, 0.5) is 5.69 Å². The fourth-order valence-corrected chi connectivity index (χ4v) is 1.70. The molecule has 1 aliphatic rings. The van der Waals surface area contributed by atoms with E-state index in [1.165, 1.54) is 0 Å². The minimum atomic E-state index is -0.497.